The first-order valence-corrected chi connectivity index (χ1v) is 7.46. The van der Waals surface area contributed by atoms with Gasteiger partial charge in [0.1, 0.15) is 11.6 Å². The van der Waals surface area contributed by atoms with Gasteiger partial charge in [0.15, 0.2) is 0 Å². The first kappa shape index (κ1) is 15.6. The summed E-state index contributed by atoms with van der Waals surface area (Å²) in [7, 11) is 0. The monoisotopic (exact) mass is 340 g/mol. The lowest BCUT2D eigenvalue weighted by molar-refractivity contribution is 0.0955. The third kappa shape index (κ3) is 3.10. The smallest absolute Gasteiger partial charge is 0.407 e. The van der Waals surface area contributed by atoms with E-state index in [1.807, 2.05) is 0 Å². The highest BCUT2D eigenvalue weighted by atomic mass is 35.5. The maximum Gasteiger partial charge on any atom is 0.407 e. The zero-order valence-corrected chi connectivity index (χ0v) is 12.7. The highest BCUT2D eigenvalue weighted by molar-refractivity contribution is 6.30. The molecule has 2 heterocycles. The lowest BCUT2D eigenvalue weighted by atomic mass is 9.85. The number of piperidine rings is 1. The summed E-state index contributed by atoms with van der Waals surface area (Å²) >= 11 is 5.76. The van der Waals surface area contributed by atoms with E-state index in [2.05, 4.69) is 5.16 Å². The molecule has 1 aromatic heterocycles. The number of aromatic amines is 1. The Labute approximate surface area is 135 Å². The van der Waals surface area contributed by atoms with E-state index in [9.17, 15) is 19.1 Å². The lowest BCUT2D eigenvalue weighted by Gasteiger charge is -2.37. The van der Waals surface area contributed by atoms with Crippen LogP contribution in [0.2, 0.25) is 5.02 Å². The SMILES string of the molecule is O=C(O)N1CC[C@H](c2cc(=O)[nH]o2)C[C@@H]1c1ccc(Cl)cc1F. The van der Waals surface area contributed by atoms with Gasteiger partial charge in [0.25, 0.3) is 5.56 Å². The largest absolute Gasteiger partial charge is 0.465 e. The molecule has 1 aliphatic heterocycles. The molecule has 3 rings (SSSR count). The second-order valence-electron chi connectivity index (χ2n) is 5.49. The van der Waals surface area contributed by atoms with Crippen LogP contribution in [-0.2, 0) is 0 Å². The van der Waals surface area contributed by atoms with Gasteiger partial charge in [-0.2, -0.15) is 5.16 Å². The van der Waals surface area contributed by atoms with Crippen molar-refractivity contribution in [3.05, 3.63) is 56.8 Å². The number of hydrogen-bond donors (Lipinski definition) is 2. The van der Waals surface area contributed by atoms with E-state index in [1.54, 1.807) is 0 Å². The first-order chi connectivity index (χ1) is 11.0. The summed E-state index contributed by atoms with van der Waals surface area (Å²) < 4.78 is 19.3. The summed E-state index contributed by atoms with van der Waals surface area (Å²) in [4.78, 5) is 23.9. The first-order valence-electron chi connectivity index (χ1n) is 7.08. The van der Waals surface area contributed by atoms with E-state index in [0.29, 0.717) is 18.6 Å². The van der Waals surface area contributed by atoms with E-state index in [0.717, 1.165) is 6.07 Å². The van der Waals surface area contributed by atoms with Crippen molar-refractivity contribution in [2.45, 2.75) is 24.8 Å². The van der Waals surface area contributed by atoms with Crippen molar-refractivity contribution in [3.8, 4) is 0 Å². The molecular weight excluding hydrogens is 327 g/mol. The highest BCUT2D eigenvalue weighted by Crippen LogP contribution is 2.40. The van der Waals surface area contributed by atoms with E-state index < -0.39 is 18.0 Å². The third-order valence-electron chi connectivity index (χ3n) is 4.11. The zero-order chi connectivity index (χ0) is 16.6. The van der Waals surface area contributed by atoms with Gasteiger partial charge in [-0.3, -0.25) is 4.79 Å². The summed E-state index contributed by atoms with van der Waals surface area (Å²) in [6, 6.07) is 4.87. The number of carboxylic acid groups (broad SMARTS) is 1. The van der Waals surface area contributed by atoms with Crippen LogP contribution in [0.3, 0.4) is 0 Å². The number of benzene rings is 1. The fourth-order valence-corrected chi connectivity index (χ4v) is 3.18. The Bertz CT molecular complexity index is 788. The van der Waals surface area contributed by atoms with Crippen LogP contribution < -0.4 is 5.56 Å². The van der Waals surface area contributed by atoms with Crippen molar-refractivity contribution in [2.24, 2.45) is 0 Å². The molecule has 8 heteroatoms. The maximum atomic E-state index is 14.2. The van der Waals surface area contributed by atoms with E-state index in [-0.39, 0.29) is 28.6 Å². The number of H-pyrrole nitrogens is 1. The van der Waals surface area contributed by atoms with Gasteiger partial charge in [-0.1, -0.05) is 17.7 Å². The number of hydrogen-bond acceptors (Lipinski definition) is 3. The number of nitrogens with zero attached hydrogens (tertiary/aromatic N) is 1. The number of nitrogens with one attached hydrogen (secondary N) is 1. The van der Waals surface area contributed by atoms with E-state index >= 15 is 0 Å². The number of likely N-dealkylation sites (tertiary alicyclic amines) is 1. The predicted molar refractivity (Wildman–Crippen MR) is 80.2 cm³/mol. The molecule has 0 spiro atoms. The van der Waals surface area contributed by atoms with Crippen molar-refractivity contribution in [1.82, 2.24) is 10.1 Å². The van der Waals surface area contributed by atoms with Crippen molar-refractivity contribution < 1.29 is 18.8 Å². The summed E-state index contributed by atoms with van der Waals surface area (Å²) in [5, 5.41) is 11.8. The molecule has 23 heavy (non-hydrogen) atoms. The van der Waals surface area contributed by atoms with Crippen LogP contribution in [0.4, 0.5) is 9.18 Å². The molecule has 2 N–H and O–H groups in total. The van der Waals surface area contributed by atoms with Crippen molar-refractivity contribution in [3.63, 3.8) is 0 Å². The van der Waals surface area contributed by atoms with Crippen LogP contribution in [0.25, 0.3) is 0 Å². The average Bonchev–Trinajstić information content (AvgIpc) is 2.93. The molecule has 1 fully saturated rings. The molecule has 6 nitrogen and oxygen atoms in total. The molecule has 0 saturated carbocycles. The van der Waals surface area contributed by atoms with Crippen molar-refractivity contribution in [1.29, 1.82) is 0 Å². The number of aromatic nitrogens is 1. The van der Waals surface area contributed by atoms with Gasteiger partial charge in [0, 0.05) is 29.1 Å². The standard InChI is InChI=1S/C15H14ClFN2O4/c16-9-1-2-10(11(17)6-9)12-5-8(3-4-19(12)15(21)22)13-7-14(20)18-23-13/h1-2,6-8,12H,3-5H2,(H,18,20)(H,21,22)/t8-,12+/m0/s1. The Morgan fingerprint density at radius 3 is 2.83 bits per heavy atom. The molecular formula is C15H14ClFN2O4. The normalized spacial score (nSPS) is 21.4. The Balaban J connectivity index is 1.94. The van der Waals surface area contributed by atoms with Crippen LogP contribution in [0.5, 0.6) is 0 Å². The minimum atomic E-state index is -1.11. The molecule has 0 unspecified atom stereocenters. The topological polar surface area (TPSA) is 86.5 Å². The second-order valence-corrected chi connectivity index (χ2v) is 5.93. The van der Waals surface area contributed by atoms with Crippen LogP contribution in [0.15, 0.2) is 33.6 Å². The van der Waals surface area contributed by atoms with Gasteiger partial charge in [-0.15, -0.1) is 0 Å². The molecule has 1 saturated heterocycles. The quantitative estimate of drug-likeness (QED) is 0.877. The van der Waals surface area contributed by atoms with Crippen LogP contribution in [0, 0.1) is 5.82 Å². The molecule has 1 aliphatic rings. The van der Waals surface area contributed by atoms with Crippen molar-refractivity contribution in [2.75, 3.05) is 6.54 Å². The molecule has 122 valence electrons. The number of halogens is 2. The molecule has 0 radical (unpaired) electrons. The number of carbonyl (C=O) groups is 1. The number of rotatable bonds is 2. The average molecular weight is 341 g/mol. The summed E-state index contributed by atoms with van der Waals surface area (Å²) in [6.07, 6.45) is -0.289. The Morgan fingerprint density at radius 1 is 1.43 bits per heavy atom. The van der Waals surface area contributed by atoms with Gasteiger partial charge in [-0.25, -0.2) is 9.18 Å². The van der Waals surface area contributed by atoms with E-state index in [1.165, 1.54) is 23.1 Å². The summed E-state index contributed by atoms with van der Waals surface area (Å²) in [5.74, 6) is -0.256. The van der Waals surface area contributed by atoms with Crippen LogP contribution >= 0.6 is 11.6 Å². The molecule has 0 aliphatic carbocycles. The van der Waals surface area contributed by atoms with Gasteiger partial charge >= 0.3 is 6.09 Å². The molecule has 1 amide bonds. The van der Waals surface area contributed by atoms with E-state index in [4.69, 9.17) is 16.1 Å². The maximum absolute atomic E-state index is 14.2. The summed E-state index contributed by atoms with van der Waals surface area (Å²) in [6.45, 7) is 0.224. The highest BCUT2D eigenvalue weighted by Gasteiger charge is 2.36. The molecule has 1 aromatic carbocycles. The molecule has 2 atom stereocenters. The summed E-state index contributed by atoms with van der Waals surface area (Å²) in [5.41, 5.74) is -0.0886. The van der Waals surface area contributed by atoms with Crippen LogP contribution in [-0.4, -0.2) is 27.8 Å². The number of amides is 1. The van der Waals surface area contributed by atoms with Gasteiger partial charge in [-0.05, 0) is 25.0 Å². The minimum Gasteiger partial charge on any atom is -0.465 e. The minimum absolute atomic E-state index is 0.162. The fourth-order valence-electron chi connectivity index (χ4n) is 3.02. The van der Waals surface area contributed by atoms with Gasteiger partial charge in [0.2, 0.25) is 0 Å². The van der Waals surface area contributed by atoms with Crippen molar-refractivity contribution >= 4 is 17.7 Å². The Hall–Kier alpha value is -2.28. The molecule has 0 bridgehead atoms. The third-order valence-corrected chi connectivity index (χ3v) is 4.35. The Kier molecular flexibility index (Phi) is 4.12. The molecule has 2 aromatic rings. The second kappa shape index (κ2) is 6.08. The fraction of sp³-hybridized carbons (Fsp3) is 0.333. The van der Waals surface area contributed by atoms with Gasteiger partial charge < -0.3 is 14.5 Å². The van der Waals surface area contributed by atoms with Crippen LogP contribution in [0.1, 0.15) is 36.1 Å². The zero-order valence-electron chi connectivity index (χ0n) is 12.0. The predicted octanol–water partition coefficient (Wildman–Crippen LogP) is 3.36. The van der Waals surface area contributed by atoms with Gasteiger partial charge in [0.05, 0.1) is 6.04 Å². The Morgan fingerprint density at radius 2 is 2.22 bits per heavy atom. The lowest BCUT2D eigenvalue weighted by Crippen LogP contribution is -2.40.